The predicted octanol–water partition coefficient (Wildman–Crippen LogP) is 0.545. The van der Waals surface area contributed by atoms with E-state index in [0.29, 0.717) is 26.1 Å². The van der Waals surface area contributed by atoms with Gasteiger partial charge in [-0.25, -0.2) is 13.1 Å². The average molecular weight is 351 g/mol. The number of aryl methyl sites for hydroxylation is 1. The lowest BCUT2D eigenvalue weighted by molar-refractivity contribution is 0.219. The molecule has 1 aliphatic rings. The topological polar surface area (TPSA) is 77.3 Å². The minimum absolute atomic E-state index is 0.0797. The SMILES string of the molecule is COCC1=CCN(S(=O)(=O)c2c(Br)nnn2C)CC1. The van der Waals surface area contributed by atoms with E-state index < -0.39 is 10.0 Å². The van der Waals surface area contributed by atoms with Crippen molar-refractivity contribution in [3.8, 4) is 0 Å². The Hall–Kier alpha value is -0.770. The van der Waals surface area contributed by atoms with Gasteiger partial charge in [-0.2, -0.15) is 4.31 Å². The Morgan fingerprint density at radius 3 is 2.74 bits per heavy atom. The summed E-state index contributed by atoms with van der Waals surface area (Å²) in [5.41, 5.74) is 1.12. The monoisotopic (exact) mass is 350 g/mol. The summed E-state index contributed by atoms with van der Waals surface area (Å²) in [6, 6.07) is 0. The molecule has 2 heterocycles. The van der Waals surface area contributed by atoms with Crippen molar-refractivity contribution >= 4 is 26.0 Å². The molecule has 0 radical (unpaired) electrons. The van der Waals surface area contributed by atoms with Gasteiger partial charge in [-0.3, -0.25) is 0 Å². The quantitative estimate of drug-likeness (QED) is 0.741. The fraction of sp³-hybridized carbons (Fsp3) is 0.600. The van der Waals surface area contributed by atoms with Crippen molar-refractivity contribution in [2.45, 2.75) is 11.4 Å². The fourth-order valence-electron chi connectivity index (χ4n) is 1.95. The molecule has 0 fully saturated rings. The number of hydrogen-bond acceptors (Lipinski definition) is 5. The van der Waals surface area contributed by atoms with Crippen molar-refractivity contribution in [3.63, 3.8) is 0 Å². The third kappa shape index (κ3) is 2.88. The number of hydrogen-bond donors (Lipinski definition) is 0. The van der Waals surface area contributed by atoms with Crippen molar-refractivity contribution in [2.75, 3.05) is 26.8 Å². The molecular weight excluding hydrogens is 336 g/mol. The van der Waals surface area contributed by atoms with Crippen molar-refractivity contribution in [2.24, 2.45) is 7.05 Å². The highest BCUT2D eigenvalue weighted by Gasteiger charge is 2.31. The van der Waals surface area contributed by atoms with Crippen LogP contribution in [0.15, 0.2) is 21.3 Å². The molecular formula is C10H15BrN4O3S. The van der Waals surface area contributed by atoms with E-state index in [4.69, 9.17) is 4.74 Å². The molecule has 0 aromatic carbocycles. The van der Waals surface area contributed by atoms with Crippen LogP contribution < -0.4 is 0 Å². The lowest BCUT2D eigenvalue weighted by Crippen LogP contribution is -2.36. The van der Waals surface area contributed by atoms with E-state index >= 15 is 0 Å². The average Bonchev–Trinajstić information content (AvgIpc) is 2.70. The van der Waals surface area contributed by atoms with Crippen LogP contribution in [0.25, 0.3) is 0 Å². The molecule has 0 unspecified atom stereocenters. The first-order valence-corrected chi connectivity index (χ1v) is 7.92. The Balaban J connectivity index is 2.24. The summed E-state index contributed by atoms with van der Waals surface area (Å²) in [6.07, 6.45) is 2.57. The van der Waals surface area contributed by atoms with E-state index in [9.17, 15) is 8.42 Å². The first-order chi connectivity index (χ1) is 8.96. The molecule has 0 saturated carbocycles. The van der Waals surface area contributed by atoms with Crippen molar-refractivity contribution < 1.29 is 13.2 Å². The molecule has 9 heteroatoms. The largest absolute Gasteiger partial charge is 0.380 e. The highest BCUT2D eigenvalue weighted by Crippen LogP contribution is 2.24. The molecule has 0 atom stereocenters. The van der Waals surface area contributed by atoms with E-state index in [1.807, 2.05) is 6.08 Å². The van der Waals surface area contributed by atoms with Crippen molar-refractivity contribution in [1.29, 1.82) is 0 Å². The summed E-state index contributed by atoms with van der Waals surface area (Å²) in [5.74, 6) is 0. The highest BCUT2D eigenvalue weighted by molar-refractivity contribution is 9.10. The van der Waals surface area contributed by atoms with Gasteiger partial charge in [0, 0.05) is 27.2 Å². The van der Waals surface area contributed by atoms with Crippen molar-refractivity contribution in [3.05, 3.63) is 16.3 Å². The Labute approximate surface area is 120 Å². The second-order valence-electron chi connectivity index (χ2n) is 4.22. The molecule has 1 aromatic heterocycles. The molecule has 106 valence electrons. The zero-order valence-electron chi connectivity index (χ0n) is 10.7. The lowest BCUT2D eigenvalue weighted by Gasteiger charge is -2.25. The van der Waals surface area contributed by atoms with E-state index in [2.05, 4.69) is 26.2 Å². The number of rotatable bonds is 4. The van der Waals surface area contributed by atoms with E-state index in [1.54, 1.807) is 14.2 Å². The molecule has 0 N–H and O–H groups in total. The zero-order valence-corrected chi connectivity index (χ0v) is 13.1. The van der Waals surface area contributed by atoms with Gasteiger partial charge < -0.3 is 4.74 Å². The van der Waals surface area contributed by atoms with Crippen LogP contribution in [-0.4, -0.2) is 54.5 Å². The molecule has 1 aliphatic heterocycles. The Morgan fingerprint density at radius 1 is 1.53 bits per heavy atom. The van der Waals surface area contributed by atoms with Crippen LogP contribution in [0.2, 0.25) is 0 Å². The van der Waals surface area contributed by atoms with Crippen LogP contribution in [0.4, 0.5) is 0 Å². The number of halogens is 1. The molecule has 0 bridgehead atoms. The highest BCUT2D eigenvalue weighted by atomic mass is 79.9. The van der Waals surface area contributed by atoms with E-state index in [0.717, 1.165) is 5.57 Å². The molecule has 7 nitrogen and oxygen atoms in total. The van der Waals surface area contributed by atoms with Crippen LogP contribution in [0.1, 0.15) is 6.42 Å². The Morgan fingerprint density at radius 2 is 2.26 bits per heavy atom. The van der Waals surface area contributed by atoms with Crippen molar-refractivity contribution in [1.82, 2.24) is 19.3 Å². The van der Waals surface area contributed by atoms with Crippen LogP contribution in [0.3, 0.4) is 0 Å². The van der Waals surface area contributed by atoms with Gasteiger partial charge in [0.2, 0.25) is 5.03 Å². The van der Waals surface area contributed by atoms with Gasteiger partial charge in [0.15, 0.2) is 4.60 Å². The summed E-state index contributed by atoms with van der Waals surface area (Å²) >= 11 is 3.12. The molecule has 0 aliphatic carbocycles. The fourth-order valence-corrected chi connectivity index (χ4v) is 4.36. The van der Waals surface area contributed by atoms with Crippen LogP contribution in [0.5, 0.6) is 0 Å². The maximum absolute atomic E-state index is 12.5. The van der Waals surface area contributed by atoms with Gasteiger partial charge in [-0.1, -0.05) is 11.3 Å². The molecule has 1 aromatic rings. The minimum atomic E-state index is -3.58. The number of aromatic nitrogens is 3. The first-order valence-electron chi connectivity index (χ1n) is 5.69. The molecule has 0 amide bonds. The molecule has 0 spiro atoms. The van der Waals surface area contributed by atoms with Gasteiger partial charge in [0.1, 0.15) is 0 Å². The standard InChI is InChI=1S/C10H15BrN4O3S/c1-14-10(9(11)12-13-14)19(16,17)15-5-3-8(4-6-15)7-18-2/h3H,4-7H2,1-2H3. The lowest BCUT2D eigenvalue weighted by atomic mass is 10.1. The van der Waals surface area contributed by atoms with Gasteiger partial charge in [0.05, 0.1) is 6.61 Å². The zero-order chi connectivity index (χ0) is 14.0. The maximum Gasteiger partial charge on any atom is 0.263 e. The van der Waals surface area contributed by atoms with Crippen LogP contribution >= 0.6 is 15.9 Å². The minimum Gasteiger partial charge on any atom is -0.380 e. The third-order valence-corrected chi connectivity index (χ3v) is 5.67. The third-order valence-electron chi connectivity index (χ3n) is 2.92. The normalized spacial score (nSPS) is 17.5. The second kappa shape index (κ2) is 5.70. The number of nitrogens with zero attached hydrogens (tertiary/aromatic N) is 4. The van der Waals surface area contributed by atoms with Crippen LogP contribution in [0, 0.1) is 0 Å². The van der Waals surface area contributed by atoms with Crippen LogP contribution in [-0.2, 0) is 21.8 Å². The maximum atomic E-state index is 12.5. The second-order valence-corrected chi connectivity index (χ2v) is 6.82. The van der Waals surface area contributed by atoms with Gasteiger partial charge in [-0.15, -0.1) is 5.10 Å². The van der Waals surface area contributed by atoms with E-state index in [-0.39, 0.29) is 9.63 Å². The summed E-state index contributed by atoms with van der Waals surface area (Å²) in [5, 5.41) is 7.49. The van der Waals surface area contributed by atoms with Gasteiger partial charge in [-0.05, 0) is 27.9 Å². The molecule has 2 rings (SSSR count). The molecule has 0 saturated heterocycles. The first kappa shape index (κ1) is 14.6. The van der Waals surface area contributed by atoms with Gasteiger partial charge in [0.25, 0.3) is 10.0 Å². The Kier molecular flexibility index (Phi) is 4.39. The summed E-state index contributed by atoms with van der Waals surface area (Å²) in [4.78, 5) is 0. The number of ether oxygens (including phenoxy) is 1. The predicted molar refractivity (Wildman–Crippen MR) is 72.0 cm³/mol. The van der Waals surface area contributed by atoms with E-state index in [1.165, 1.54) is 8.99 Å². The van der Waals surface area contributed by atoms with Gasteiger partial charge >= 0.3 is 0 Å². The number of methoxy groups -OCH3 is 1. The summed E-state index contributed by atoms with van der Waals surface area (Å²) in [7, 11) is -0.396. The molecule has 19 heavy (non-hydrogen) atoms. The number of sulfonamides is 1. The summed E-state index contributed by atoms with van der Waals surface area (Å²) < 4.78 is 32.9. The Bertz CT molecular complexity index is 576. The summed E-state index contributed by atoms with van der Waals surface area (Å²) in [6.45, 7) is 1.33. The smallest absolute Gasteiger partial charge is 0.263 e.